The minimum absolute atomic E-state index is 0.00753. The van der Waals surface area contributed by atoms with Gasteiger partial charge in [-0.1, -0.05) is 36.4 Å². The van der Waals surface area contributed by atoms with Gasteiger partial charge in [-0.3, -0.25) is 14.9 Å². The van der Waals surface area contributed by atoms with Crippen LogP contribution in [0.2, 0.25) is 0 Å². The van der Waals surface area contributed by atoms with Crippen molar-refractivity contribution in [1.82, 2.24) is 5.32 Å². The first-order valence-electron chi connectivity index (χ1n) is 10.0. The topological polar surface area (TPSA) is 105 Å². The first-order chi connectivity index (χ1) is 15.9. The summed E-state index contributed by atoms with van der Waals surface area (Å²) in [6.45, 7) is 2.12. The second-order valence-corrected chi connectivity index (χ2v) is 8.34. The van der Waals surface area contributed by atoms with E-state index in [9.17, 15) is 20.2 Å². The predicted octanol–water partition coefficient (Wildman–Crippen LogP) is 5.56. The summed E-state index contributed by atoms with van der Waals surface area (Å²) in [5.41, 5.74) is 2.48. The summed E-state index contributed by atoms with van der Waals surface area (Å²) in [5.74, 6) is 0.189. The van der Waals surface area contributed by atoms with Crippen molar-refractivity contribution in [2.45, 2.75) is 19.6 Å². The molecule has 0 aromatic heterocycles. The van der Waals surface area contributed by atoms with Gasteiger partial charge in [0.05, 0.1) is 14.5 Å². The molecule has 1 atom stereocenters. The Hall–Kier alpha value is -3.71. The van der Waals surface area contributed by atoms with Crippen molar-refractivity contribution < 1.29 is 14.5 Å². The Labute approximate surface area is 205 Å². The lowest BCUT2D eigenvalue weighted by molar-refractivity contribution is -0.384. The molecule has 1 amide bonds. The second kappa shape index (κ2) is 11.2. The number of nitriles is 1. The van der Waals surface area contributed by atoms with Crippen LogP contribution in [0.15, 0.2) is 78.4 Å². The Morgan fingerprint density at radius 1 is 1.18 bits per heavy atom. The molecule has 0 radical (unpaired) electrons. The Balaban J connectivity index is 1.66. The van der Waals surface area contributed by atoms with E-state index in [0.29, 0.717) is 11.3 Å². The zero-order valence-electron chi connectivity index (χ0n) is 17.7. The van der Waals surface area contributed by atoms with Gasteiger partial charge in [0.25, 0.3) is 11.6 Å². The largest absolute Gasteiger partial charge is 0.488 e. The number of nitrogens with one attached hydrogen (secondary N) is 1. The standard InChI is InChI=1S/C25H20IN3O4/c1-17(20-5-3-2-4-6-20)28-25(30)21(15-27)13-19-9-12-24(23(26)14-19)33-16-18-7-10-22(11-8-18)29(31)32/h2-14,17H,16H2,1H3,(H,28,30)/b21-13-/t17-/m0/s1. The van der Waals surface area contributed by atoms with E-state index in [1.165, 1.54) is 18.2 Å². The highest BCUT2D eigenvalue weighted by Crippen LogP contribution is 2.25. The van der Waals surface area contributed by atoms with Gasteiger partial charge in [-0.15, -0.1) is 0 Å². The molecule has 0 saturated carbocycles. The highest BCUT2D eigenvalue weighted by molar-refractivity contribution is 14.1. The lowest BCUT2D eigenvalue weighted by atomic mass is 10.1. The predicted molar refractivity (Wildman–Crippen MR) is 133 cm³/mol. The lowest BCUT2D eigenvalue weighted by Gasteiger charge is -2.14. The van der Waals surface area contributed by atoms with Gasteiger partial charge in [0, 0.05) is 12.1 Å². The van der Waals surface area contributed by atoms with Crippen molar-refractivity contribution in [2.24, 2.45) is 0 Å². The molecule has 0 aliphatic carbocycles. The zero-order chi connectivity index (χ0) is 23.8. The molecule has 33 heavy (non-hydrogen) atoms. The lowest BCUT2D eigenvalue weighted by Crippen LogP contribution is -2.27. The molecule has 0 bridgehead atoms. The van der Waals surface area contributed by atoms with Crippen LogP contribution in [0.3, 0.4) is 0 Å². The number of nitrogens with zero attached hydrogens (tertiary/aromatic N) is 2. The van der Waals surface area contributed by atoms with Crippen LogP contribution in [0.4, 0.5) is 5.69 Å². The van der Waals surface area contributed by atoms with E-state index in [4.69, 9.17) is 4.74 Å². The molecule has 3 rings (SSSR count). The summed E-state index contributed by atoms with van der Waals surface area (Å²) in [7, 11) is 0. The summed E-state index contributed by atoms with van der Waals surface area (Å²) in [4.78, 5) is 22.9. The number of non-ortho nitro benzene ring substituents is 1. The average molecular weight is 553 g/mol. The fourth-order valence-electron chi connectivity index (χ4n) is 3.01. The minimum Gasteiger partial charge on any atom is -0.488 e. The van der Waals surface area contributed by atoms with E-state index in [-0.39, 0.29) is 23.9 Å². The Morgan fingerprint density at radius 2 is 1.88 bits per heavy atom. The maximum Gasteiger partial charge on any atom is 0.269 e. The fraction of sp³-hybridized carbons (Fsp3) is 0.120. The maximum atomic E-state index is 12.6. The van der Waals surface area contributed by atoms with Gasteiger partial charge in [0.1, 0.15) is 24.0 Å². The smallest absolute Gasteiger partial charge is 0.269 e. The van der Waals surface area contributed by atoms with Crippen LogP contribution in [0, 0.1) is 25.0 Å². The van der Waals surface area contributed by atoms with Gasteiger partial charge in [-0.05, 0) is 76.5 Å². The van der Waals surface area contributed by atoms with Crippen LogP contribution in [0.25, 0.3) is 6.08 Å². The van der Waals surface area contributed by atoms with Crippen LogP contribution < -0.4 is 10.1 Å². The van der Waals surface area contributed by atoms with Gasteiger partial charge >= 0.3 is 0 Å². The molecule has 0 saturated heterocycles. The number of carbonyl (C=O) groups is 1. The molecule has 3 aromatic rings. The number of ether oxygens (including phenoxy) is 1. The van der Waals surface area contributed by atoms with E-state index in [1.54, 1.807) is 24.3 Å². The highest BCUT2D eigenvalue weighted by Gasteiger charge is 2.14. The van der Waals surface area contributed by atoms with E-state index in [1.807, 2.05) is 49.4 Å². The molecule has 0 aliphatic heterocycles. The molecule has 0 fully saturated rings. The number of nitro benzene ring substituents is 1. The van der Waals surface area contributed by atoms with Crippen LogP contribution in [-0.4, -0.2) is 10.8 Å². The monoisotopic (exact) mass is 553 g/mol. The van der Waals surface area contributed by atoms with Crippen molar-refractivity contribution in [3.63, 3.8) is 0 Å². The number of halogens is 1. The van der Waals surface area contributed by atoms with Crippen LogP contribution in [0.5, 0.6) is 5.75 Å². The SMILES string of the molecule is C[C@H](NC(=O)/C(C#N)=C\c1ccc(OCc2ccc([N+](=O)[O-])cc2)c(I)c1)c1ccccc1. The normalized spacial score (nSPS) is 11.8. The van der Waals surface area contributed by atoms with Crippen molar-refractivity contribution in [1.29, 1.82) is 5.26 Å². The number of carbonyl (C=O) groups excluding carboxylic acids is 1. The Morgan fingerprint density at radius 3 is 2.48 bits per heavy atom. The van der Waals surface area contributed by atoms with E-state index in [2.05, 4.69) is 27.9 Å². The maximum absolute atomic E-state index is 12.6. The van der Waals surface area contributed by atoms with Gasteiger partial charge in [0.2, 0.25) is 0 Å². The van der Waals surface area contributed by atoms with Gasteiger partial charge in [-0.2, -0.15) is 5.26 Å². The summed E-state index contributed by atoms with van der Waals surface area (Å²) >= 11 is 2.12. The van der Waals surface area contributed by atoms with Crippen LogP contribution >= 0.6 is 22.6 Å². The summed E-state index contributed by atoms with van der Waals surface area (Å²) in [5, 5.41) is 23.1. The number of hydrogen-bond donors (Lipinski definition) is 1. The quantitative estimate of drug-likeness (QED) is 0.129. The van der Waals surface area contributed by atoms with E-state index < -0.39 is 10.8 Å². The number of hydrogen-bond acceptors (Lipinski definition) is 5. The first-order valence-corrected chi connectivity index (χ1v) is 11.1. The molecular weight excluding hydrogens is 533 g/mol. The molecule has 1 N–H and O–H groups in total. The molecule has 0 heterocycles. The fourth-order valence-corrected chi connectivity index (χ4v) is 3.71. The summed E-state index contributed by atoms with van der Waals surface area (Å²) in [6, 6.07) is 22.8. The number of nitro groups is 1. The zero-order valence-corrected chi connectivity index (χ0v) is 19.9. The Bertz CT molecular complexity index is 1220. The van der Waals surface area contributed by atoms with Crippen molar-refractivity contribution in [2.75, 3.05) is 0 Å². The number of amides is 1. The summed E-state index contributed by atoms with van der Waals surface area (Å²) < 4.78 is 6.62. The summed E-state index contributed by atoms with van der Waals surface area (Å²) in [6.07, 6.45) is 1.54. The second-order valence-electron chi connectivity index (χ2n) is 7.18. The van der Waals surface area contributed by atoms with Crippen LogP contribution in [0.1, 0.15) is 29.7 Å². The minimum atomic E-state index is -0.447. The third-order valence-corrected chi connectivity index (χ3v) is 5.66. The van der Waals surface area contributed by atoms with Gasteiger partial charge < -0.3 is 10.1 Å². The highest BCUT2D eigenvalue weighted by atomic mass is 127. The number of benzene rings is 3. The van der Waals surface area contributed by atoms with Crippen molar-refractivity contribution in [3.05, 3.63) is 109 Å². The van der Waals surface area contributed by atoms with Crippen LogP contribution in [-0.2, 0) is 11.4 Å². The molecule has 0 aliphatic rings. The van der Waals surface area contributed by atoms with E-state index >= 15 is 0 Å². The first kappa shape index (κ1) is 23.9. The molecule has 3 aromatic carbocycles. The molecule has 8 heteroatoms. The molecule has 0 spiro atoms. The molecule has 166 valence electrons. The van der Waals surface area contributed by atoms with Gasteiger partial charge in [-0.25, -0.2) is 0 Å². The van der Waals surface area contributed by atoms with E-state index in [0.717, 1.165) is 14.7 Å². The van der Waals surface area contributed by atoms with Crippen molar-refractivity contribution in [3.8, 4) is 11.8 Å². The third kappa shape index (κ3) is 6.63. The molecule has 7 nitrogen and oxygen atoms in total. The van der Waals surface area contributed by atoms with Crippen molar-refractivity contribution >= 4 is 40.3 Å². The number of rotatable bonds is 8. The Kier molecular flexibility index (Phi) is 8.16. The average Bonchev–Trinajstić information content (AvgIpc) is 2.82. The molecule has 0 unspecified atom stereocenters. The third-order valence-electron chi connectivity index (χ3n) is 4.82. The molecular formula is C25H20IN3O4. The van der Waals surface area contributed by atoms with Gasteiger partial charge in [0.15, 0.2) is 0 Å².